The van der Waals surface area contributed by atoms with E-state index in [-0.39, 0.29) is 17.0 Å². The molecule has 1 saturated carbocycles. The zero-order valence-electron chi connectivity index (χ0n) is 17.8. The molecule has 8 nitrogen and oxygen atoms in total. The van der Waals surface area contributed by atoms with E-state index < -0.39 is 0 Å². The van der Waals surface area contributed by atoms with Gasteiger partial charge < -0.3 is 10.3 Å². The largest absolute Gasteiger partial charge is 0.368 e. The number of ketones is 1. The normalized spacial score (nSPS) is 14.6. The molecule has 0 aliphatic heterocycles. The minimum Gasteiger partial charge on any atom is -0.368 e. The third-order valence-electron chi connectivity index (χ3n) is 6.01. The summed E-state index contributed by atoms with van der Waals surface area (Å²) in [5, 5.41) is 12.6. The molecule has 1 aliphatic rings. The topological polar surface area (TPSA) is 109 Å². The average Bonchev–Trinajstić information content (AvgIpc) is 3.51. The molecule has 33 heavy (non-hydrogen) atoms. The molecule has 0 saturated heterocycles. The third kappa shape index (κ3) is 4.51. The van der Waals surface area contributed by atoms with E-state index in [4.69, 9.17) is 0 Å². The summed E-state index contributed by atoms with van der Waals surface area (Å²) in [7, 11) is 0. The monoisotopic (exact) mass is 463 g/mol. The lowest BCUT2D eigenvalue weighted by atomic mass is 9.66. The molecular weight excluding hydrogens is 441 g/mol. The van der Waals surface area contributed by atoms with Crippen LogP contribution < -0.4 is 5.32 Å². The second-order valence-electron chi connectivity index (χ2n) is 8.15. The van der Waals surface area contributed by atoms with Crippen molar-refractivity contribution in [3.8, 4) is 10.7 Å². The fraction of sp³-hybridized carbons (Fsp3) is 0.304. The van der Waals surface area contributed by atoms with Gasteiger partial charge in [-0.3, -0.25) is 9.78 Å². The number of H-pyrrole nitrogens is 1. The molecule has 168 valence electrons. The van der Waals surface area contributed by atoms with Crippen LogP contribution in [-0.2, 0) is 11.8 Å². The van der Waals surface area contributed by atoms with Crippen molar-refractivity contribution < 1.29 is 9.18 Å². The second-order valence-corrected chi connectivity index (χ2v) is 9.26. The highest BCUT2D eigenvalue weighted by atomic mass is 32.1. The number of halogens is 1. The molecule has 1 fully saturated rings. The minimum absolute atomic E-state index is 0.0208. The highest BCUT2D eigenvalue weighted by molar-refractivity contribution is 7.15. The lowest BCUT2D eigenvalue weighted by Crippen LogP contribution is -2.42. The molecule has 0 unspecified atom stereocenters. The number of thiazole rings is 1. The Morgan fingerprint density at radius 2 is 2.09 bits per heavy atom. The number of pyridine rings is 1. The molecule has 4 aromatic rings. The maximum atomic E-state index is 14.3. The van der Waals surface area contributed by atoms with Crippen molar-refractivity contribution in [2.75, 3.05) is 11.9 Å². The summed E-state index contributed by atoms with van der Waals surface area (Å²) < 4.78 is 14.3. The number of nitrogens with one attached hydrogen (secondary N) is 2. The summed E-state index contributed by atoms with van der Waals surface area (Å²) in [6, 6.07) is 6.80. The van der Waals surface area contributed by atoms with Crippen LogP contribution in [0.1, 0.15) is 46.7 Å². The molecule has 0 bridgehead atoms. The molecule has 0 radical (unpaired) electrons. The van der Waals surface area contributed by atoms with E-state index in [2.05, 4.69) is 35.5 Å². The van der Waals surface area contributed by atoms with Gasteiger partial charge in [0.15, 0.2) is 5.78 Å². The summed E-state index contributed by atoms with van der Waals surface area (Å²) in [5.74, 6) is 0.391. The smallest absolute Gasteiger partial charge is 0.180 e. The van der Waals surface area contributed by atoms with E-state index in [0.717, 1.165) is 29.1 Å². The maximum Gasteiger partial charge on any atom is 0.180 e. The van der Waals surface area contributed by atoms with E-state index in [1.807, 2.05) is 12.1 Å². The van der Waals surface area contributed by atoms with E-state index in [9.17, 15) is 9.18 Å². The number of rotatable bonds is 9. The number of aromatic amines is 1. The van der Waals surface area contributed by atoms with E-state index in [1.54, 1.807) is 18.5 Å². The zero-order valence-corrected chi connectivity index (χ0v) is 18.6. The first-order valence-electron chi connectivity index (χ1n) is 10.8. The SMILES string of the molecule is O=C(CCc1cnc(-c2ccc(NCC3(c4ncccc4F)CCC3)nn2)s1)c1cnc[nH]1. The zero-order chi connectivity index (χ0) is 22.7. The molecule has 0 aromatic carbocycles. The summed E-state index contributed by atoms with van der Waals surface area (Å²) in [4.78, 5) is 28.6. The van der Waals surface area contributed by atoms with Gasteiger partial charge in [-0.05, 0) is 43.5 Å². The lowest BCUT2D eigenvalue weighted by Gasteiger charge is -2.41. The van der Waals surface area contributed by atoms with Gasteiger partial charge in [0.25, 0.3) is 0 Å². The first-order chi connectivity index (χ1) is 16.1. The molecule has 5 rings (SSSR count). The first-order valence-corrected chi connectivity index (χ1v) is 11.6. The predicted octanol–water partition coefficient (Wildman–Crippen LogP) is 4.21. The number of imidazole rings is 1. The Balaban J connectivity index is 1.20. The summed E-state index contributed by atoms with van der Waals surface area (Å²) in [5.41, 5.74) is 1.41. The van der Waals surface area contributed by atoms with Gasteiger partial charge >= 0.3 is 0 Å². The van der Waals surface area contributed by atoms with Gasteiger partial charge in [-0.2, -0.15) is 0 Å². The number of aromatic nitrogens is 6. The van der Waals surface area contributed by atoms with Crippen LogP contribution in [0.2, 0.25) is 0 Å². The number of hydrogen-bond donors (Lipinski definition) is 2. The van der Waals surface area contributed by atoms with Gasteiger partial charge in [-0.25, -0.2) is 14.4 Å². The fourth-order valence-corrected chi connectivity index (χ4v) is 4.88. The highest BCUT2D eigenvalue weighted by Gasteiger charge is 2.41. The molecule has 2 N–H and O–H groups in total. The maximum absolute atomic E-state index is 14.3. The second kappa shape index (κ2) is 9.14. The number of hydrogen-bond acceptors (Lipinski definition) is 8. The molecule has 4 heterocycles. The molecule has 0 amide bonds. The number of anilines is 1. The van der Waals surface area contributed by atoms with Gasteiger partial charge in [0.1, 0.15) is 28.0 Å². The van der Waals surface area contributed by atoms with Crippen molar-refractivity contribution in [3.05, 3.63) is 71.3 Å². The van der Waals surface area contributed by atoms with Gasteiger partial charge in [0.05, 0.1) is 18.2 Å². The Morgan fingerprint density at radius 1 is 1.18 bits per heavy atom. The Kier molecular flexibility index (Phi) is 5.91. The van der Waals surface area contributed by atoms with Crippen molar-refractivity contribution in [3.63, 3.8) is 0 Å². The summed E-state index contributed by atoms with van der Waals surface area (Å²) in [6.07, 6.45) is 10.3. The van der Waals surface area contributed by atoms with Crippen molar-refractivity contribution in [2.45, 2.75) is 37.5 Å². The Labute approximate surface area is 193 Å². The van der Waals surface area contributed by atoms with Gasteiger partial charge in [-0.1, -0.05) is 6.42 Å². The van der Waals surface area contributed by atoms with Crippen LogP contribution in [0.3, 0.4) is 0 Å². The average molecular weight is 464 g/mol. The van der Waals surface area contributed by atoms with E-state index in [1.165, 1.54) is 29.9 Å². The van der Waals surface area contributed by atoms with E-state index in [0.29, 0.717) is 42.3 Å². The predicted molar refractivity (Wildman–Crippen MR) is 123 cm³/mol. The van der Waals surface area contributed by atoms with Crippen LogP contribution >= 0.6 is 11.3 Å². The van der Waals surface area contributed by atoms with Crippen LogP contribution in [-0.4, -0.2) is 42.5 Å². The number of nitrogens with zero attached hydrogens (tertiary/aromatic N) is 5. The van der Waals surface area contributed by atoms with Gasteiger partial charge in [0.2, 0.25) is 0 Å². The van der Waals surface area contributed by atoms with Crippen LogP contribution in [0.25, 0.3) is 10.7 Å². The molecule has 10 heteroatoms. The van der Waals surface area contributed by atoms with Gasteiger partial charge in [-0.15, -0.1) is 21.5 Å². The standard InChI is InChI=1S/C23H22FN7OS/c24-16-3-1-10-26-21(16)23(8-2-9-23)13-28-20-7-5-17(30-31-20)22-27-11-15(33-22)4-6-19(32)18-12-25-14-29-18/h1,3,5,7,10-12,14H,2,4,6,8-9,13H2,(H,25,29)(H,28,31). The van der Waals surface area contributed by atoms with Crippen LogP contribution in [0.4, 0.5) is 10.2 Å². The lowest BCUT2D eigenvalue weighted by molar-refractivity contribution is 0.0979. The number of aryl methyl sites for hydroxylation is 1. The first kappa shape index (κ1) is 21.3. The van der Waals surface area contributed by atoms with Crippen LogP contribution in [0.15, 0.2) is 49.2 Å². The Morgan fingerprint density at radius 3 is 2.79 bits per heavy atom. The highest BCUT2D eigenvalue weighted by Crippen LogP contribution is 2.43. The van der Waals surface area contributed by atoms with Crippen molar-refractivity contribution in [1.29, 1.82) is 0 Å². The molecule has 0 spiro atoms. The Hall–Kier alpha value is -3.53. The molecule has 0 atom stereocenters. The number of Topliss-reactive ketones (excluding diaryl/α,β-unsaturated/α-hetero) is 1. The summed E-state index contributed by atoms with van der Waals surface area (Å²) >= 11 is 1.50. The molecular formula is C23H22FN7OS. The van der Waals surface area contributed by atoms with Gasteiger partial charge in [0, 0.05) is 35.7 Å². The molecule has 4 aromatic heterocycles. The van der Waals surface area contributed by atoms with Crippen molar-refractivity contribution in [1.82, 2.24) is 30.1 Å². The number of carbonyl (C=O) groups excluding carboxylic acids is 1. The van der Waals surface area contributed by atoms with Crippen molar-refractivity contribution >= 4 is 22.9 Å². The number of carbonyl (C=O) groups is 1. The van der Waals surface area contributed by atoms with Crippen LogP contribution in [0, 0.1) is 5.82 Å². The minimum atomic E-state index is -0.302. The van der Waals surface area contributed by atoms with E-state index >= 15 is 0 Å². The Bertz CT molecular complexity index is 1240. The summed E-state index contributed by atoms with van der Waals surface area (Å²) in [6.45, 7) is 0.556. The fourth-order valence-electron chi connectivity index (χ4n) is 4.00. The quantitative estimate of drug-likeness (QED) is 0.358. The van der Waals surface area contributed by atoms with Crippen LogP contribution in [0.5, 0.6) is 0 Å². The molecule has 1 aliphatic carbocycles. The third-order valence-corrected chi connectivity index (χ3v) is 7.09. The van der Waals surface area contributed by atoms with Crippen molar-refractivity contribution in [2.24, 2.45) is 0 Å².